The van der Waals surface area contributed by atoms with Crippen molar-refractivity contribution in [3.63, 3.8) is 0 Å². The van der Waals surface area contributed by atoms with Gasteiger partial charge in [0.1, 0.15) is 0 Å². The van der Waals surface area contributed by atoms with Gasteiger partial charge in [0.05, 0.1) is 31.0 Å². The maximum Gasteiger partial charge on any atom is 0.156 e. The first-order valence-electron chi connectivity index (χ1n) is 8.43. The van der Waals surface area contributed by atoms with E-state index in [2.05, 4.69) is 37.7 Å². The van der Waals surface area contributed by atoms with Crippen molar-refractivity contribution >= 4 is 16.8 Å². The van der Waals surface area contributed by atoms with Gasteiger partial charge in [0.25, 0.3) is 0 Å². The summed E-state index contributed by atoms with van der Waals surface area (Å²) in [7, 11) is 0. The zero-order valence-corrected chi connectivity index (χ0v) is 13.2. The Balaban J connectivity index is 1.51. The maximum atomic E-state index is 5.28. The van der Waals surface area contributed by atoms with Crippen molar-refractivity contribution in [1.29, 1.82) is 0 Å². The third kappa shape index (κ3) is 2.09. The number of hydrogen-bond acceptors (Lipinski definition) is 4. The molecule has 6 heteroatoms. The second kappa shape index (κ2) is 5.04. The number of aromatic amines is 1. The molecule has 2 N–H and O–H groups in total. The van der Waals surface area contributed by atoms with Crippen molar-refractivity contribution in [2.24, 2.45) is 5.92 Å². The second-order valence-corrected chi connectivity index (χ2v) is 7.00. The summed E-state index contributed by atoms with van der Waals surface area (Å²) in [6.45, 7) is 4.08. The molecule has 0 aromatic carbocycles. The number of hydrogen-bond donors (Lipinski definition) is 2. The van der Waals surface area contributed by atoms with E-state index < -0.39 is 0 Å². The van der Waals surface area contributed by atoms with Crippen LogP contribution in [0.15, 0.2) is 24.7 Å². The Morgan fingerprint density at radius 1 is 1.22 bits per heavy atom. The quantitative estimate of drug-likeness (QED) is 0.777. The Bertz CT molecular complexity index is 849. The van der Waals surface area contributed by atoms with E-state index in [1.165, 1.54) is 18.5 Å². The topological polar surface area (TPSA) is 67.2 Å². The van der Waals surface area contributed by atoms with Crippen LogP contribution in [0, 0.1) is 5.92 Å². The molecule has 0 radical (unpaired) electrons. The fourth-order valence-corrected chi connectivity index (χ4v) is 4.22. The normalized spacial score (nSPS) is 28.7. The highest BCUT2D eigenvalue weighted by Crippen LogP contribution is 2.40. The lowest BCUT2D eigenvalue weighted by molar-refractivity contribution is -0.00984. The largest absolute Gasteiger partial charge is 0.378 e. The molecule has 6 nitrogen and oxygen atoms in total. The molecule has 1 aliphatic carbocycles. The Morgan fingerprint density at radius 3 is 2.96 bits per heavy atom. The highest BCUT2D eigenvalue weighted by molar-refractivity contribution is 5.74. The molecule has 4 heterocycles. The summed E-state index contributed by atoms with van der Waals surface area (Å²) in [6, 6.07) is 3.22. The minimum Gasteiger partial charge on any atom is -0.378 e. The summed E-state index contributed by atoms with van der Waals surface area (Å²) in [6.07, 6.45) is 8.22. The van der Waals surface area contributed by atoms with Crippen LogP contribution in [-0.4, -0.2) is 44.7 Å². The van der Waals surface area contributed by atoms with Crippen LogP contribution in [0.3, 0.4) is 0 Å². The third-order valence-electron chi connectivity index (χ3n) is 5.44. The predicted molar refractivity (Wildman–Crippen MR) is 87.5 cm³/mol. The maximum absolute atomic E-state index is 5.28. The Hall–Kier alpha value is -1.92. The average Bonchev–Trinajstić information content (AvgIpc) is 3.19. The molecule has 23 heavy (non-hydrogen) atoms. The number of nitrogens with one attached hydrogen (secondary N) is 2. The van der Waals surface area contributed by atoms with Gasteiger partial charge in [-0.1, -0.05) is 6.92 Å². The molecule has 3 atom stereocenters. The van der Waals surface area contributed by atoms with Crippen LogP contribution >= 0.6 is 0 Å². The second-order valence-electron chi connectivity index (χ2n) is 7.00. The minimum atomic E-state index is 0.531. The first-order valence-corrected chi connectivity index (χ1v) is 8.43. The number of imidazole rings is 1. The van der Waals surface area contributed by atoms with Gasteiger partial charge >= 0.3 is 0 Å². The number of nitrogens with zero attached hydrogens (tertiary/aromatic N) is 3. The van der Waals surface area contributed by atoms with E-state index in [1.54, 1.807) is 0 Å². The van der Waals surface area contributed by atoms with Gasteiger partial charge in [0.2, 0.25) is 0 Å². The smallest absolute Gasteiger partial charge is 0.156 e. The summed E-state index contributed by atoms with van der Waals surface area (Å²) in [4.78, 5) is 12.2. The molecule has 120 valence electrons. The zero-order chi connectivity index (χ0) is 15.4. The Morgan fingerprint density at radius 2 is 2.13 bits per heavy atom. The van der Waals surface area contributed by atoms with Crippen LogP contribution < -0.4 is 5.32 Å². The van der Waals surface area contributed by atoms with Crippen LogP contribution in [0.25, 0.3) is 16.8 Å². The van der Waals surface area contributed by atoms with Crippen molar-refractivity contribution in [3.8, 4) is 0 Å². The molecular formula is C17H21N5O. The first-order chi connectivity index (χ1) is 11.3. The van der Waals surface area contributed by atoms with Gasteiger partial charge in [0.15, 0.2) is 11.3 Å². The number of H-pyrrole nitrogens is 1. The van der Waals surface area contributed by atoms with Gasteiger partial charge in [-0.2, -0.15) is 0 Å². The summed E-state index contributed by atoms with van der Waals surface area (Å²) in [5.74, 6) is 1.18. The molecule has 0 amide bonds. The molecule has 3 aromatic rings. The number of fused-ring (bicyclic) bond motifs is 3. The Kier molecular flexibility index (Phi) is 2.96. The molecule has 5 rings (SSSR count). The highest BCUT2D eigenvalue weighted by Gasteiger charge is 2.36. The molecule has 1 aliphatic heterocycles. The molecule has 0 unspecified atom stereocenters. The van der Waals surface area contributed by atoms with E-state index in [0.29, 0.717) is 23.9 Å². The lowest BCUT2D eigenvalue weighted by Gasteiger charge is -2.30. The van der Waals surface area contributed by atoms with Crippen LogP contribution in [0.4, 0.5) is 0 Å². The van der Waals surface area contributed by atoms with Gasteiger partial charge in [-0.05, 0) is 24.8 Å². The standard InChI is InChI=1S/C17H21N5O/c1-10-4-11(21-12-8-23-9-12)5-13(10)15-6-19-16-7-20-17-14(22(15)16)2-3-18-17/h2-3,6-7,10-13,18,21H,4-5,8-9H2,1H3/t10-,11+,13+/m1/s1. The minimum absolute atomic E-state index is 0.531. The fraction of sp³-hybridized carbons (Fsp3) is 0.529. The number of ether oxygens (including phenoxy) is 1. The molecule has 0 bridgehead atoms. The van der Waals surface area contributed by atoms with E-state index in [4.69, 9.17) is 4.74 Å². The van der Waals surface area contributed by atoms with Crippen LogP contribution in [0.5, 0.6) is 0 Å². The molecule has 3 aromatic heterocycles. The van der Waals surface area contributed by atoms with Gasteiger partial charge < -0.3 is 15.0 Å². The van der Waals surface area contributed by atoms with Crippen molar-refractivity contribution < 1.29 is 4.74 Å². The lowest BCUT2D eigenvalue weighted by atomic mass is 9.95. The SMILES string of the molecule is C[C@@H]1C[C@H](NC2COC2)C[C@@H]1c1cnc2cnc3[nH]ccc3n12. The molecule has 1 saturated carbocycles. The summed E-state index contributed by atoms with van der Waals surface area (Å²) < 4.78 is 7.55. The van der Waals surface area contributed by atoms with E-state index >= 15 is 0 Å². The van der Waals surface area contributed by atoms with E-state index in [-0.39, 0.29) is 0 Å². The van der Waals surface area contributed by atoms with Crippen molar-refractivity contribution in [2.75, 3.05) is 13.2 Å². The molecule has 1 saturated heterocycles. The predicted octanol–water partition coefficient (Wildman–Crippen LogP) is 2.08. The number of aromatic nitrogens is 4. The highest BCUT2D eigenvalue weighted by atomic mass is 16.5. The van der Waals surface area contributed by atoms with Gasteiger partial charge in [0, 0.05) is 30.0 Å². The number of rotatable bonds is 3. The van der Waals surface area contributed by atoms with Crippen molar-refractivity contribution in [3.05, 3.63) is 30.4 Å². The first kappa shape index (κ1) is 13.5. The van der Waals surface area contributed by atoms with E-state index in [0.717, 1.165) is 30.0 Å². The summed E-state index contributed by atoms with van der Waals surface area (Å²) in [5, 5.41) is 3.74. The van der Waals surface area contributed by atoms with Crippen molar-refractivity contribution in [1.82, 2.24) is 24.7 Å². The fourth-order valence-electron chi connectivity index (χ4n) is 4.22. The molecular weight excluding hydrogens is 290 g/mol. The van der Waals surface area contributed by atoms with Crippen LogP contribution in [0.1, 0.15) is 31.4 Å². The average molecular weight is 311 g/mol. The monoisotopic (exact) mass is 311 g/mol. The van der Waals surface area contributed by atoms with Gasteiger partial charge in [-0.15, -0.1) is 0 Å². The van der Waals surface area contributed by atoms with E-state index in [9.17, 15) is 0 Å². The van der Waals surface area contributed by atoms with Gasteiger partial charge in [-0.3, -0.25) is 4.40 Å². The van der Waals surface area contributed by atoms with Crippen LogP contribution in [0.2, 0.25) is 0 Å². The van der Waals surface area contributed by atoms with Gasteiger partial charge in [-0.25, -0.2) is 9.97 Å². The van der Waals surface area contributed by atoms with E-state index in [1.807, 2.05) is 18.6 Å². The molecule has 2 aliphatic rings. The van der Waals surface area contributed by atoms with Crippen molar-refractivity contribution in [2.45, 2.75) is 37.8 Å². The lowest BCUT2D eigenvalue weighted by Crippen LogP contribution is -2.49. The Labute approximate surface area is 134 Å². The third-order valence-corrected chi connectivity index (χ3v) is 5.44. The zero-order valence-electron chi connectivity index (χ0n) is 13.2. The summed E-state index contributed by atoms with van der Waals surface area (Å²) in [5.41, 5.74) is 4.28. The molecule has 2 fully saturated rings. The van der Waals surface area contributed by atoms with Crippen LogP contribution in [-0.2, 0) is 4.74 Å². The summed E-state index contributed by atoms with van der Waals surface area (Å²) >= 11 is 0. The molecule has 0 spiro atoms.